The van der Waals surface area contributed by atoms with Crippen molar-refractivity contribution in [3.05, 3.63) is 65.2 Å². The first-order valence-corrected chi connectivity index (χ1v) is 11.6. The van der Waals surface area contributed by atoms with Crippen molar-refractivity contribution >= 4 is 29.4 Å². The first-order valence-electron chi connectivity index (χ1n) is 10.7. The standard InChI is InChI=1S/C23H23F6N3O2S/c1-3-31(21(34)30-18-10-8-17(9-11-18)23(27,28)29)12-13-32-19(33)14(2)35-20(32)15-4-6-16(7-5-15)22(24,25)26/h4-11,14,20H,3,12-13H2,1-2H3,(H,30,34)/t14-,20+/m0/s1. The second-order valence-electron chi connectivity index (χ2n) is 7.87. The monoisotopic (exact) mass is 519 g/mol. The molecule has 190 valence electrons. The molecule has 0 bridgehead atoms. The van der Waals surface area contributed by atoms with Gasteiger partial charge < -0.3 is 15.1 Å². The molecule has 1 N–H and O–H groups in total. The highest BCUT2D eigenvalue weighted by molar-refractivity contribution is 8.01. The molecule has 2 aromatic carbocycles. The lowest BCUT2D eigenvalue weighted by Gasteiger charge is -2.28. The summed E-state index contributed by atoms with van der Waals surface area (Å²) < 4.78 is 76.8. The van der Waals surface area contributed by atoms with Gasteiger partial charge >= 0.3 is 18.4 Å². The van der Waals surface area contributed by atoms with E-state index in [0.717, 1.165) is 36.4 Å². The summed E-state index contributed by atoms with van der Waals surface area (Å²) in [5, 5.41) is 1.63. The number of nitrogens with zero attached hydrogens (tertiary/aromatic N) is 2. The van der Waals surface area contributed by atoms with Crippen LogP contribution in [-0.4, -0.2) is 46.6 Å². The van der Waals surface area contributed by atoms with Crippen molar-refractivity contribution < 1.29 is 35.9 Å². The number of benzene rings is 2. The zero-order valence-corrected chi connectivity index (χ0v) is 19.6. The summed E-state index contributed by atoms with van der Waals surface area (Å²) in [6, 6.07) is 8.10. The third-order valence-electron chi connectivity index (χ3n) is 5.51. The second kappa shape index (κ2) is 10.4. The van der Waals surface area contributed by atoms with Gasteiger partial charge in [0.15, 0.2) is 0 Å². The van der Waals surface area contributed by atoms with E-state index in [0.29, 0.717) is 5.56 Å². The Hall–Kier alpha value is -2.89. The van der Waals surface area contributed by atoms with Crippen molar-refractivity contribution in [3.8, 4) is 0 Å². The van der Waals surface area contributed by atoms with Crippen LogP contribution in [0.4, 0.5) is 36.8 Å². The van der Waals surface area contributed by atoms with Gasteiger partial charge in [0.25, 0.3) is 0 Å². The van der Waals surface area contributed by atoms with Gasteiger partial charge in [-0.05, 0) is 55.8 Å². The molecule has 0 radical (unpaired) electrons. The molecule has 0 saturated carbocycles. The molecule has 1 saturated heterocycles. The van der Waals surface area contributed by atoms with Gasteiger partial charge in [-0.3, -0.25) is 4.79 Å². The number of nitrogens with one attached hydrogen (secondary N) is 1. The summed E-state index contributed by atoms with van der Waals surface area (Å²) in [6.07, 6.45) is -8.95. The molecule has 5 nitrogen and oxygen atoms in total. The van der Waals surface area contributed by atoms with E-state index >= 15 is 0 Å². The molecular formula is C23H23F6N3O2S. The van der Waals surface area contributed by atoms with E-state index in [2.05, 4.69) is 5.32 Å². The van der Waals surface area contributed by atoms with E-state index in [1.807, 2.05) is 0 Å². The Kier molecular flexibility index (Phi) is 7.93. The fraction of sp³-hybridized carbons (Fsp3) is 0.391. The maximum absolute atomic E-state index is 12.9. The van der Waals surface area contributed by atoms with Crippen molar-refractivity contribution in [2.24, 2.45) is 0 Å². The third-order valence-corrected chi connectivity index (χ3v) is 6.91. The van der Waals surface area contributed by atoms with Crippen LogP contribution in [0.25, 0.3) is 0 Å². The molecule has 1 aliphatic heterocycles. The predicted molar refractivity (Wildman–Crippen MR) is 121 cm³/mol. The number of hydrogen-bond donors (Lipinski definition) is 1. The summed E-state index contributed by atoms with van der Waals surface area (Å²) in [5.41, 5.74) is -0.896. The minimum Gasteiger partial charge on any atom is -0.324 e. The Balaban J connectivity index is 1.66. The molecule has 3 amide bonds. The van der Waals surface area contributed by atoms with Gasteiger partial charge in [0.05, 0.1) is 16.4 Å². The predicted octanol–water partition coefficient (Wildman–Crippen LogP) is 6.24. The van der Waals surface area contributed by atoms with Crippen LogP contribution in [0, 0.1) is 0 Å². The van der Waals surface area contributed by atoms with E-state index in [-0.39, 0.29) is 31.2 Å². The first-order chi connectivity index (χ1) is 16.3. The molecule has 0 aromatic heterocycles. The Morgan fingerprint density at radius 2 is 1.49 bits per heavy atom. The third kappa shape index (κ3) is 6.41. The van der Waals surface area contributed by atoms with E-state index in [1.165, 1.54) is 33.7 Å². The van der Waals surface area contributed by atoms with Crippen LogP contribution in [0.1, 0.15) is 35.9 Å². The lowest BCUT2D eigenvalue weighted by Crippen LogP contribution is -2.42. The van der Waals surface area contributed by atoms with Crippen molar-refractivity contribution in [1.82, 2.24) is 9.80 Å². The largest absolute Gasteiger partial charge is 0.416 e. The van der Waals surface area contributed by atoms with Gasteiger partial charge in [0, 0.05) is 25.3 Å². The average Bonchev–Trinajstić information content (AvgIpc) is 3.07. The zero-order chi connectivity index (χ0) is 26.0. The Bertz CT molecular complexity index is 1040. The van der Waals surface area contributed by atoms with Crippen molar-refractivity contribution in [2.75, 3.05) is 25.0 Å². The van der Waals surface area contributed by atoms with Crippen molar-refractivity contribution in [3.63, 3.8) is 0 Å². The van der Waals surface area contributed by atoms with Gasteiger partial charge in [-0.15, -0.1) is 11.8 Å². The van der Waals surface area contributed by atoms with Crippen LogP contribution in [0.2, 0.25) is 0 Å². The molecule has 0 aliphatic carbocycles. The average molecular weight is 520 g/mol. The van der Waals surface area contributed by atoms with Crippen LogP contribution in [0.15, 0.2) is 48.5 Å². The fourth-order valence-corrected chi connectivity index (χ4v) is 4.88. The van der Waals surface area contributed by atoms with Crippen LogP contribution in [-0.2, 0) is 17.1 Å². The highest BCUT2D eigenvalue weighted by atomic mass is 32.2. The number of thioether (sulfide) groups is 1. The Labute approximate surface area is 202 Å². The van der Waals surface area contributed by atoms with Crippen molar-refractivity contribution in [2.45, 2.75) is 36.8 Å². The normalized spacial score (nSPS) is 18.6. The van der Waals surface area contributed by atoms with Crippen LogP contribution in [0.3, 0.4) is 0 Å². The summed E-state index contributed by atoms with van der Waals surface area (Å²) in [6.45, 7) is 3.94. The summed E-state index contributed by atoms with van der Waals surface area (Å²) >= 11 is 1.31. The SMILES string of the molecule is CCN(CCN1C(=O)[C@H](C)S[C@@H]1c1ccc(C(F)(F)F)cc1)C(=O)Nc1ccc(C(F)(F)F)cc1. The topological polar surface area (TPSA) is 52.7 Å². The molecule has 1 fully saturated rings. The highest BCUT2D eigenvalue weighted by Crippen LogP contribution is 2.43. The molecule has 2 atom stereocenters. The number of anilines is 1. The van der Waals surface area contributed by atoms with Gasteiger partial charge in [-0.2, -0.15) is 26.3 Å². The van der Waals surface area contributed by atoms with E-state index in [4.69, 9.17) is 0 Å². The minimum atomic E-state index is -4.49. The number of likely N-dealkylation sites (N-methyl/N-ethyl adjacent to an activating group) is 1. The minimum absolute atomic E-state index is 0.124. The number of carbonyl (C=O) groups is 2. The number of halogens is 6. The van der Waals surface area contributed by atoms with E-state index in [1.54, 1.807) is 13.8 Å². The molecule has 1 heterocycles. The molecule has 2 aromatic rings. The van der Waals surface area contributed by atoms with E-state index in [9.17, 15) is 35.9 Å². The van der Waals surface area contributed by atoms with Crippen molar-refractivity contribution in [1.29, 1.82) is 0 Å². The number of rotatable bonds is 6. The van der Waals surface area contributed by atoms with E-state index < -0.39 is 40.1 Å². The smallest absolute Gasteiger partial charge is 0.324 e. The summed E-state index contributed by atoms with van der Waals surface area (Å²) in [7, 11) is 0. The lowest BCUT2D eigenvalue weighted by molar-refractivity contribution is -0.138. The highest BCUT2D eigenvalue weighted by Gasteiger charge is 2.39. The molecule has 0 spiro atoms. The Morgan fingerprint density at radius 3 is 1.97 bits per heavy atom. The lowest BCUT2D eigenvalue weighted by atomic mass is 10.1. The number of alkyl halides is 6. The first kappa shape index (κ1) is 26.7. The molecule has 12 heteroatoms. The van der Waals surface area contributed by atoms with Gasteiger partial charge in [-0.1, -0.05) is 12.1 Å². The zero-order valence-electron chi connectivity index (χ0n) is 18.8. The van der Waals surface area contributed by atoms with Crippen LogP contribution >= 0.6 is 11.8 Å². The van der Waals surface area contributed by atoms with Gasteiger partial charge in [0.1, 0.15) is 5.37 Å². The van der Waals surface area contributed by atoms with Gasteiger partial charge in [-0.25, -0.2) is 4.79 Å². The second-order valence-corrected chi connectivity index (χ2v) is 9.29. The number of carbonyl (C=O) groups excluding carboxylic acids is 2. The quantitative estimate of drug-likeness (QED) is 0.460. The molecule has 35 heavy (non-hydrogen) atoms. The number of amides is 3. The maximum atomic E-state index is 12.9. The number of hydrogen-bond acceptors (Lipinski definition) is 3. The maximum Gasteiger partial charge on any atom is 0.416 e. The molecular weight excluding hydrogens is 496 g/mol. The fourth-order valence-electron chi connectivity index (χ4n) is 3.57. The Morgan fingerprint density at radius 1 is 0.971 bits per heavy atom. The molecule has 1 aliphatic rings. The number of urea groups is 1. The van der Waals surface area contributed by atoms with Crippen LogP contribution < -0.4 is 5.32 Å². The molecule has 0 unspecified atom stereocenters. The van der Waals surface area contributed by atoms with Crippen LogP contribution in [0.5, 0.6) is 0 Å². The van der Waals surface area contributed by atoms with Gasteiger partial charge in [0.2, 0.25) is 5.91 Å². The molecule has 3 rings (SSSR count). The summed E-state index contributed by atoms with van der Waals surface area (Å²) in [5.74, 6) is -0.195. The summed E-state index contributed by atoms with van der Waals surface area (Å²) in [4.78, 5) is 28.3.